The Morgan fingerprint density at radius 3 is 3.05 bits per heavy atom. The van der Waals surface area contributed by atoms with Gasteiger partial charge in [0, 0.05) is 10.9 Å². The molecule has 0 radical (unpaired) electrons. The van der Waals surface area contributed by atoms with Crippen molar-refractivity contribution in [3.8, 4) is 17.1 Å². The van der Waals surface area contributed by atoms with Crippen molar-refractivity contribution in [2.24, 2.45) is 0 Å². The van der Waals surface area contributed by atoms with Crippen LogP contribution < -0.4 is 4.74 Å². The number of carbonyl (C=O) groups is 1. The Kier molecular flexibility index (Phi) is 3.48. The summed E-state index contributed by atoms with van der Waals surface area (Å²) in [6, 6.07) is 3.49. The highest BCUT2D eigenvalue weighted by Crippen LogP contribution is 2.25. The molecule has 3 heterocycles. The predicted octanol–water partition coefficient (Wildman–Crippen LogP) is 3.14. The number of ether oxygens (including phenoxy) is 1. The summed E-state index contributed by atoms with van der Waals surface area (Å²) in [5.41, 5.74) is 0.881. The lowest BCUT2D eigenvalue weighted by Crippen LogP contribution is -2.00. The zero-order chi connectivity index (χ0) is 13.9. The Hall–Kier alpha value is -2.19. The highest BCUT2D eigenvalue weighted by atomic mass is 32.1. The summed E-state index contributed by atoms with van der Waals surface area (Å²) in [6.45, 7) is 0.0359. The van der Waals surface area contributed by atoms with Gasteiger partial charge in [0.2, 0.25) is 5.82 Å². The van der Waals surface area contributed by atoms with Crippen molar-refractivity contribution in [2.45, 2.75) is 6.61 Å². The van der Waals surface area contributed by atoms with E-state index in [1.165, 1.54) is 0 Å². The number of hydrogen-bond acceptors (Lipinski definition) is 7. The molecule has 0 aliphatic carbocycles. The second kappa shape index (κ2) is 5.43. The van der Waals surface area contributed by atoms with E-state index in [4.69, 9.17) is 14.4 Å². The second-order valence-electron chi connectivity index (χ2n) is 3.73. The molecule has 8 heteroatoms. The molecule has 6 nitrogen and oxygen atoms in total. The zero-order valence-electron chi connectivity index (χ0n) is 9.98. The van der Waals surface area contributed by atoms with Crippen LogP contribution in [0.15, 0.2) is 32.8 Å². The van der Waals surface area contributed by atoms with Crippen LogP contribution in [0.4, 0.5) is 0 Å². The monoisotopic (exact) mass is 308 g/mol. The number of nitrogens with zero attached hydrogens (tertiary/aromatic N) is 2. The molecule has 0 fully saturated rings. The molecule has 20 heavy (non-hydrogen) atoms. The first-order valence-electron chi connectivity index (χ1n) is 5.53. The Labute approximate surface area is 121 Å². The highest BCUT2D eigenvalue weighted by molar-refractivity contribution is 7.12. The van der Waals surface area contributed by atoms with Gasteiger partial charge in [0.1, 0.15) is 5.75 Å². The van der Waals surface area contributed by atoms with Crippen LogP contribution in [-0.4, -0.2) is 21.2 Å². The lowest BCUT2D eigenvalue weighted by atomic mass is 10.3. The first-order valence-corrected chi connectivity index (χ1v) is 7.35. The maximum atomic E-state index is 10.9. The van der Waals surface area contributed by atoms with Crippen molar-refractivity contribution in [1.29, 1.82) is 0 Å². The third-order valence-corrected chi connectivity index (χ3v) is 3.99. The molecule has 1 N–H and O–H groups in total. The average molecular weight is 308 g/mol. The molecule has 0 atom stereocenters. The molecule has 102 valence electrons. The van der Waals surface area contributed by atoms with E-state index >= 15 is 0 Å². The Balaban J connectivity index is 1.70. The summed E-state index contributed by atoms with van der Waals surface area (Å²) in [7, 11) is 0. The molecule has 0 spiro atoms. The lowest BCUT2D eigenvalue weighted by molar-refractivity contribution is 0.0697. The molecule has 3 aromatic heterocycles. The summed E-state index contributed by atoms with van der Waals surface area (Å²) in [5.74, 6) is 0.0830. The molecule has 0 saturated carbocycles. The van der Waals surface area contributed by atoms with Crippen LogP contribution in [0.2, 0.25) is 0 Å². The Bertz CT molecular complexity index is 717. The summed E-state index contributed by atoms with van der Waals surface area (Å²) >= 11 is 2.65. The van der Waals surface area contributed by atoms with Gasteiger partial charge < -0.3 is 14.4 Å². The predicted molar refractivity (Wildman–Crippen MR) is 73.2 cm³/mol. The molecule has 0 unspecified atom stereocenters. The van der Waals surface area contributed by atoms with Gasteiger partial charge in [-0.3, -0.25) is 0 Å². The molecule has 0 saturated heterocycles. The minimum Gasteiger partial charge on any atom is -0.482 e. The van der Waals surface area contributed by atoms with Crippen LogP contribution in [0.25, 0.3) is 11.4 Å². The largest absolute Gasteiger partial charge is 0.482 e. The lowest BCUT2D eigenvalue weighted by Gasteiger charge is -2.00. The number of carboxylic acids is 1. The maximum absolute atomic E-state index is 10.9. The SMILES string of the molecule is O=C(O)c1sccc1OCc1nc(-c2ccsc2)no1. The smallest absolute Gasteiger partial charge is 0.349 e. The highest BCUT2D eigenvalue weighted by Gasteiger charge is 2.15. The number of hydrogen-bond donors (Lipinski definition) is 1. The summed E-state index contributed by atoms with van der Waals surface area (Å²) < 4.78 is 10.5. The first kappa shape index (κ1) is 12.8. The molecule has 0 amide bonds. The van der Waals surface area contributed by atoms with E-state index in [1.54, 1.807) is 22.8 Å². The van der Waals surface area contributed by atoms with E-state index in [2.05, 4.69) is 10.1 Å². The van der Waals surface area contributed by atoms with Gasteiger partial charge >= 0.3 is 5.97 Å². The molecular weight excluding hydrogens is 300 g/mol. The fourth-order valence-electron chi connectivity index (χ4n) is 1.53. The molecular formula is C12H8N2O4S2. The van der Waals surface area contributed by atoms with Gasteiger partial charge in [0.15, 0.2) is 11.5 Å². The molecule has 3 aromatic rings. The van der Waals surface area contributed by atoms with E-state index in [9.17, 15) is 4.79 Å². The van der Waals surface area contributed by atoms with Crippen molar-refractivity contribution < 1.29 is 19.2 Å². The van der Waals surface area contributed by atoms with Gasteiger partial charge in [0.25, 0.3) is 5.89 Å². The first-order chi connectivity index (χ1) is 9.74. The third kappa shape index (κ3) is 2.56. The van der Waals surface area contributed by atoms with Crippen LogP contribution in [0, 0.1) is 0 Å². The van der Waals surface area contributed by atoms with Gasteiger partial charge in [-0.05, 0) is 22.9 Å². The van der Waals surface area contributed by atoms with E-state index in [-0.39, 0.29) is 11.5 Å². The summed E-state index contributed by atoms with van der Waals surface area (Å²) in [6.07, 6.45) is 0. The number of carboxylic acid groups (broad SMARTS) is 1. The quantitative estimate of drug-likeness (QED) is 0.779. The van der Waals surface area contributed by atoms with Gasteiger partial charge in [0.05, 0.1) is 0 Å². The van der Waals surface area contributed by atoms with Gasteiger partial charge in [-0.2, -0.15) is 16.3 Å². The summed E-state index contributed by atoms with van der Waals surface area (Å²) in [5, 5.41) is 18.3. The number of aromatic nitrogens is 2. The van der Waals surface area contributed by atoms with Crippen molar-refractivity contribution >= 4 is 28.6 Å². The van der Waals surface area contributed by atoms with Crippen molar-refractivity contribution in [3.63, 3.8) is 0 Å². The van der Waals surface area contributed by atoms with Gasteiger partial charge in [-0.1, -0.05) is 5.16 Å². The van der Waals surface area contributed by atoms with Crippen molar-refractivity contribution in [3.05, 3.63) is 39.0 Å². The molecule has 0 aliphatic rings. The summed E-state index contributed by atoms with van der Waals surface area (Å²) in [4.78, 5) is 15.3. The van der Waals surface area contributed by atoms with Gasteiger partial charge in [-0.25, -0.2) is 4.79 Å². The average Bonchev–Trinajstić information content (AvgIpc) is 3.16. The molecule has 3 rings (SSSR count). The second-order valence-corrected chi connectivity index (χ2v) is 5.43. The maximum Gasteiger partial charge on any atom is 0.349 e. The minimum atomic E-state index is -1.01. The topological polar surface area (TPSA) is 85.5 Å². The third-order valence-electron chi connectivity index (χ3n) is 2.42. The Morgan fingerprint density at radius 1 is 1.40 bits per heavy atom. The van der Waals surface area contributed by atoms with Crippen LogP contribution >= 0.6 is 22.7 Å². The van der Waals surface area contributed by atoms with E-state index in [1.807, 2.05) is 16.8 Å². The van der Waals surface area contributed by atoms with Gasteiger partial charge in [-0.15, -0.1) is 11.3 Å². The van der Waals surface area contributed by atoms with Crippen molar-refractivity contribution in [2.75, 3.05) is 0 Å². The van der Waals surface area contributed by atoms with E-state index < -0.39 is 5.97 Å². The molecule has 0 aliphatic heterocycles. The van der Waals surface area contributed by atoms with Crippen LogP contribution in [0.3, 0.4) is 0 Å². The number of aromatic carboxylic acids is 1. The van der Waals surface area contributed by atoms with Crippen LogP contribution in [-0.2, 0) is 6.61 Å². The number of rotatable bonds is 5. The van der Waals surface area contributed by atoms with Crippen molar-refractivity contribution in [1.82, 2.24) is 10.1 Å². The Morgan fingerprint density at radius 2 is 2.30 bits per heavy atom. The molecule has 0 aromatic carbocycles. The van der Waals surface area contributed by atoms with E-state index in [0.717, 1.165) is 16.9 Å². The minimum absolute atomic E-state index is 0.0359. The fraction of sp³-hybridized carbons (Fsp3) is 0.0833. The van der Waals surface area contributed by atoms with Crippen LogP contribution in [0.1, 0.15) is 15.6 Å². The normalized spacial score (nSPS) is 10.6. The zero-order valence-corrected chi connectivity index (χ0v) is 11.6. The standard InChI is InChI=1S/C12H8N2O4S2/c15-12(16)10-8(2-4-20-10)17-5-9-13-11(14-18-9)7-1-3-19-6-7/h1-4,6H,5H2,(H,15,16). The van der Waals surface area contributed by atoms with E-state index in [0.29, 0.717) is 17.5 Å². The fourth-order valence-corrected chi connectivity index (χ4v) is 2.84. The number of thiophene rings is 2. The van der Waals surface area contributed by atoms with Crippen LogP contribution in [0.5, 0.6) is 5.75 Å². The molecule has 0 bridgehead atoms.